The SMILES string of the molecule is C=C(C)c1cc(C(F)(F)F)cc(S(=O)(=O)NC2=C3C=CCC(OCC(=O)OC(C)(C)C)=C3CCCC2)c1. The Labute approximate surface area is 216 Å². The number of esters is 1. The molecule has 0 aromatic heterocycles. The molecular weight excluding hydrogens is 507 g/mol. The Hall–Kier alpha value is -3.01. The van der Waals surface area contributed by atoms with Crippen molar-refractivity contribution in [1.82, 2.24) is 4.72 Å². The minimum Gasteiger partial charge on any atom is -0.486 e. The Balaban J connectivity index is 1.96. The molecule has 2 aliphatic carbocycles. The maximum atomic E-state index is 13.5. The van der Waals surface area contributed by atoms with Gasteiger partial charge in [0.2, 0.25) is 0 Å². The minimum atomic E-state index is -4.72. The highest BCUT2D eigenvalue weighted by Gasteiger charge is 2.33. The summed E-state index contributed by atoms with van der Waals surface area (Å²) in [5.74, 6) is 0.0266. The number of rotatable bonds is 7. The average Bonchev–Trinajstić information content (AvgIpc) is 2.98. The summed E-state index contributed by atoms with van der Waals surface area (Å²) in [7, 11) is -4.35. The number of benzene rings is 1. The van der Waals surface area contributed by atoms with Crippen LogP contribution in [0.5, 0.6) is 0 Å². The van der Waals surface area contributed by atoms with Crippen molar-refractivity contribution < 1.29 is 35.9 Å². The van der Waals surface area contributed by atoms with Crippen molar-refractivity contribution >= 4 is 21.6 Å². The fourth-order valence-corrected chi connectivity index (χ4v) is 5.33. The molecule has 3 rings (SSSR count). The third-order valence-electron chi connectivity index (χ3n) is 5.76. The van der Waals surface area contributed by atoms with Crippen molar-refractivity contribution in [1.29, 1.82) is 0 Å². The molecule has 6 nitrogen and oxygen atoms in total. The third kappa shape index (κ3) is 7.50. The van der Waals surface area contributed by atoms with Gasteiger partial charge in [0, 0.05) is 17.7 Å². The molecule has 0 saturated carbocycles. The van der Waals surface area contributed by atoms with Gasteiger partial charge in [0.25, 0.3) is 10.0 Å². The van der Waals surface area contributed by atoms with E-state index in [2.05, 4.69) is 11.3 Å². The number of hydrogen-bond acceptors (Lipinski definition) is 5. The lowest BCUT2D eigenvalue weighted by atomic mass is 9.94. The molecule has 202 valence electrons. The number of ether oxygens (including phenoxy) is 2. The number of fused-ring (bicyclic) bond motifs is 1. The normalized spacial score (nSPS) is 16.7. The van der Waals surface area contributed by atoms with E-state index >= 15 is 0 Å². The molecule has 10 heteroatoms. The quantitative estimate of drug-likeness (QED) is 0.405. The summed E-state index contributed by atoms with van der Waals surface area (Å²) < 4.78 is 80.6. The first-order valence-corrected chi connectivity index (χ1v) is 13.4. The number of nitrogens with one attached hydrogen (secondary N) is 1. The second kappa shape index (κ2) is 10.8. The van der Waals surface area contributed by atoms with Crippen molar-refractivity contribution in [3.8, 4) is 0 Å². The molecule has 0 aliphatic heterocycles. The second-order valence-corrected chi connectivity index (χ2v) is 11.8. The smallest absolute Gasteiger partial charge is 0.416 e. The van der Waals surface area contributed by atoms with Gasteiger partial charge in [-0.05, 0) is 82.7 Å². The summed E-state index contributed by atoms with van der Waals surface area (Å²) in [5, 5.41) is 0. The molecule has 2 aliphatic rings. The first kappa shape index (κ1) is 28.6. The molecular formula is C27H32F3NO5S. The maximum absolute atomic E-state index is 13.5. The Morgan fingerprint density at radius 2 is 1.78 bits per heavy atom. The molecule has 1 aromatic carbocycles. The van der Waals surface area contributed by atoms with E-state index in [1.807, 2.05) is 0 Å². The van der Waals surface area contributed by atoms with Gasteiger partial charge in [0.1, 0.15) is 11.4 Å². The summed E-state index contributed by atoms with van der Waals surface area (Å²) in [6.07, 6.45) is 1.69. The zero-order chi connectivity index (χ0) is 27.6. The predicted molar refractivity (Wildman–Crippen MR) is 135 cm³/mol. The van der Waals surface area contributed by atoms with Gasteiger partial charge in [-0.1, -0.05) is 24.3 Å². The van der Waals surface area contributed by atoms with E-state index in [0.29, 0.717) is 54.4 Å². The zero-order valence-corrected chi connectivity index (χ0v) is 22.2. The molecule has 0 radical (unpaired) electrons. The van der Waals surface area contributed by atoms with E-state index < -0.39 is 38.2 Å². The van der Waals surface area contributed by atoms with Gasteiger partial charge in [-0.15, -0.1) is 0 Å². The minimum absolute atomic E-state index is 0.0877. The lowest BCUT2D eigenvalue weighted by Gasteiger charge is -2.23. The van der Waals surface area contributed by atoms with Crippen molar-refractivity contribution in [2.75, 3.05) is 6.61 Å². The first-order chi connectivity index (χ1) is 17.1. The number of hydrogen-bond donors (Lipinski definition) is 1. The molecule has 0 fully saturated rings. The van der Waals surface area contributed by atoms with Gasteiger partial charge < -0.3 is 9.47 Å². The second-order valence-electron chi connectivity index (χ2n) is 10.1. The number of sulfonamides is 1. The molecule has 0 atom stereocenters. The lowest BCUT2D eigenvalue weighted by molar-refractivity contribution is -0.158. The first-order valence-electron chi connectivity index (χ1n) is 11.9. The summed E-state index contributed by atoms with van der Waals surface area (Å²) in [6.45, 7) is 10.1. The van der Waals surface area contributed by atoms with Gasteiger partial charge in [-0.3, -0.25) is 4.72 Å². The Bertz CT molecular complexity index is 1280. The highest BCUT2D eigenvalue weighted by atomic mass is 32.2. The van der Waals surface area contributed by atoms with Gasteiger partial charge in [0.15, 0.2) is 6.61 Å². The predicted octanol–water partition coefficient (Wildman–Crippen LogP) is 6.42. The van der Waals surface area contributed by atoms with Crippen molar-refractivity contribution in [2.45, 2.75) is 76.5 Å². The van der Waals surface area contributed by atoms with Crippen LogP contribution in [0.3, 0.4) is 0 Å². The fourth-order valence-electron chi connectivity index (χ4n) is 4.11. The zero-order valence-electron chi connectivity index (χ0n) is 21.4. The van der Waals surface area contributed by atoms with Crippen molar-refractivity contribution in [3.63, 3.8) is 0 Å². The third-order valence-corrected chi connectivity index (χ3v) is 7.13. The number of carbonyl (C=O) groups excluding carboxylic acids is 1. The highest BCUT2D eigenvalue weighted by molar-refractivity contribution is 7.89. The molecule has 0 spiro atoms. The molecule has 0 heterocycles. The summed E-state index contributed by atoms with van der Waals surface area (Å²) >= 11 is 0. The fraction of sp³-hybridized carbons (Fsp3) is 0.444. The van der Waals surface area contributed by atoms with Crippen LogP contribution in [0.1, 0.15) is 70.9 Å². The number of halogens is 3. The molecule has 1 N–H and O–H groups in total. The molecule has 0 amide bonds. The van der Waals surface area contributed by atoms with Crippen LogP contribution in [0.25, 0.3) is 5.57 Å². The summed E-state index contributed by atoms with van der Waals surface area (Å²) in [4.78, 5) is 11.6. The number of carbonyl (C=O) groups is 1. The van der Waals surface area contributed by atoms with Crippen LogP contribution >= 0.6 is 0 Å². The molecule has 0 saturated heterocycles. The van der Waals surface area contributed by atoms with E-state index in [1.54, 1.807) is 32.9 Å². The van der Waals surface area contributed by atoms with Crippen molar-refractivity contribution in [2.24, 2.45) is 0 Å². The Kier molecular flexibility index (Phi) is 8.31. The number of allylic oxidation sites excluding steroid dienone is 6. The molecule has 37 heavy (non-hydrogen) atoms. The van der Waals surface area contributed by atoms with Crippen LogP contribution in [-0.2, 0) is 30.5 Å². The van der Waals surface area contributed by atoms with Gasteiger partial charge in [-0.25, -0.2) is 13.2 Å². The molecule has 0 unspecified atom stereocenters. The average molecular weight is 540 g/mol. The van der Waals surface area contributed by atoms with E-state index in [4.69, 9.17) is 9.47 Å². The van der Waals surface area contributed by atoms with E-state index in [1.165, 1.54) is 13.0 Å². The van der Waals surface area contributed by atoms with Gasteiger partial charge >= 0.3 is 12.1 Å². The van der Waals surface area contributed by atoms with Crippen LogP contribution in [0.15, 0.2) is 64.4 Å². The largest absolute Gasteiger partial charge is 0.486 e. The monoisotopic (exact) mass is 539 g/mol. The molecule has 1 aromatic rings. The van der Waals surface area contributed by atoms with Crippen LogP contribution < -0.4 is 4.72 Å². The van der Waals surface area contributed by atoms with E-state index in [0.717, 1.165) is 18.1 Å². The van der Waals surface area contributed by atoms with Crippen LogP contribution in [0.2, 0.25) is 0 Å². The van der Waals surface area contributed by atoms with Gasteiger partial charge in [-0.2, -0.15) is 13.2 Å². The lowest BCUT2D eigenvalue weighted by Crippen LogP contribution is -2.27. The van der Waals surface area contributed by atoms with Crippen LogP contribution in [-0.4, -0.2) is 26.6 Å². The van der Waals surface area contributed by atoms with Crippen LogP contribution in [0.4, 0.5) is 13.2 Å². The van der Waals surface area contributed by atoms with E-state index in [-0.39, 0.29) is 12.2 Å². The molecule has 0 bridgehead atoms. The van der Waals surface area contributed by atoms with Crippen molar-refractivity contribution in [3.05, 3.63) is 70.7 Å². The van der Waals surface area contributed by atoms with Crippen LogP contribution in [0, 0.1) is 0 Å². The highest BCUT2D eigenvalue weighted by Crippen LogP contribution is 2.37. The standard InChI is InChI=1S/C27H32F3NO5S/c1-17(2)18-13-19(27(28,29)30)15-20(14-18)37(33,34)31-23-11-7-6-9-22-21(23)10-8-12-24(22)35-16-25(32)36-26(3,4)5/h8,10,13-15,31H,1,6-7,9,11-12,16H2,2-5H3. The summed E-state index contributed by atoms with van der Waals surface area (Å²) in [6, 6.07) is 2.69. The topological polar surface area (TPSA) is 81.7 Å². The Morgan fingerprint density at radius 3 is 2.41 bits per heavy atom. The van der Waals surface area contributed by atoms with E-state index in [9.17, 15) is 26.4 Å². The Morgan fingerprint density at radius 1 is 1.11 bits per heavy atom. The van der Waals surface area contributed by atoms with Gasteiger partial charge in [0.05, 0.1) is 10.5 Å². The number of alkyl halides is 3. The summed E-state index contributed by atoms with van der Waals surface area (Å²) in [5.41, 5.74) is 0.429. The maximum Gasteiger partial charge on any atom is 0.416 e.